The lowest BCUT2D eigenvalue weighted by Crippen LogP contribution is -1.96. The van der Waals surface area contributed by atoms with Gasteiger partial charge in [-0.25, -0.2) is 0 Å². The molecule has 0 saturated heterocycles. The molecule has 1 nitrogen and oxygen atoms in total. The van der Waals surface area contributed by atoms with Crippen molar-refractivity contribution in [2.45, 2.75) is 32.6 Å². The summed E-state index contributed by atoms with van der Waals surface area (Å²) in [6.45, 7) is 3.02. The summed E-state index contributed by atoms with van der Waals surface area (Å²) in [4.78, 5) is 0. The van der Waals surface area contributed by atoms with Crippen LogP contribution in [-0.2, 0) is 0 Å². The van der Waals surface area contributed by atoms with Crippen LogP contribution in [0.3, 0.4) is 0 Å². The van der Waals surface area contributed by atoms with Crippen molar-refractivity contribution in [3.63, 3.8) is 0 Å². The SMILES string of the molecule is CCCCCCOc1ccc(C#Cc2ccccc2)cc1. The van der Waals surface area contributed by atoms with Crippen molar-refractivity contribution >= 4 is 0 Å². The first-order chi connectivity index (χ1) is 10.4. The fourth-order valence-corrected chi connectivity index (χ4v) is 2.02. The summed E-state index contributed by atoms with van der Waals surface area (Å²) >= 11 is 0. The summed E-state index contributed by atoms with van der Waals surface area (Å²) in [6.07, 6.45) is 4.92. The molecule has 0 amide bonds. The summed E-state index contributed by atoms with van der Waals surface area (Å²) in [5.41, 5.74) is 2.05. The first-order valence-corrected chi connectivity index (χ1v) is 7.68. The van der Waals surface area contributed by atoms with E-state index in [1.54, 1.807) is 0 Å². The molecule has 0 fully saturated rings. The summed E-state index contributed by atoms with van der Waals surface area (Å²) in [5.74, 6) is 7.25. The molecule has 0 saturated carbocycles. The Morgan fingerprint density at radius 2 is 1.43 bits per heavy atom. The zero-order chi connectivity index (χ0) is 14.8. The van der Waals surface area contributed by atoms with Crippen molar-refractivity contribution in [3.8, 4) is 17.6 Å². The minimum Gasteiger partial charge on any atom is -0.494 e. The number of hydrogen-bond donors (Lipinski definition) is 0. The van der Waals surface area contributed by atoms with Gasteiger partial charge in [0, 0.05) is 11.1 Å². The molecule has 2 aromatic carbocycles. The van der Waals surface area contributed by atoms with Crippen LogP contribution >= 0.6 is 0 Å². The molecular formula is C20H22O. The third-order valence-electron chi connectivity index (χ3n) is 3.25. The summed E-state index contributed by atoms with van der Waals surface area (Å²) in [7, 11) is 0. The van der Waals surface area contributed by atoms with E-state index in [0.717, 1.165) is 29.9 Å². The van der Waals surface area contributed by atoms with E-state index in [9.17, 15) is 0 Å². The van der Waals surface area contributed by atoms with Gasteiger partial charge in [-0.05, 0) is 42.8 Å². The smallest absolute Gasteiger partial charge is 0.119 e. The van der Waals surface area contributed by atoms with Crippen molar-refractivity contribution in [2.24, 2.45) is 0 Å². The van der Waals surface area contributed by atoms with Gasteiger partial charge in [0.15, 0.2) is 0 Å². The number of ether oxygens (including phenoxy) is 1. The fourth-order valence-electron chi connectivity index (χ4n) is 2.02. The Bertz CT molecular complexity index is 573. The standard InChI is InChI=1S/C20H22O/c1-2-3-4-8-17-21-20-15-13-19(14-16-20)12-11-18-9-6-5-7-10-18/h5-7,9-10,13-16H,2-4,8,17H2,1H3. The van der Waals surface area contributed by atoms with Gasteiger partial charge in [0.2, 0.25) is 0 Å². The Balaban J connectivity index is 1.83. The van der Waals surface area contributed by atoms with Crippen molar-refractivity contribution < 1.29 is 4.74 Å². The molecule has 0 bridgehead atoms. The number of rotatable bonds is 6. The lowest BCUT2D eigenvalue weighted by Gasteiger charge is -2.05. The minimum absolute atomic E-state index is 0.801. The molecule has 0 spiro atoms. The van der Waals surface area contributed by atoms with Crippen LogP contribution < -0.4 is 4.74 Å². The van der Waals surface area contributed by atoms with E-state index < -0.39 is 0 Å². The molecule has 108 valence electrons. The van der Waals surface area contributed by atoms with Gasteiger partial charge in [-0.3, -0.25) is 0 Å². The molecule has 0 atom stereocenters. The van der Waals surface area contributed by atoms with Crippen LogP contribution in [0.5, 0.6) is 5.75 Å². The van der Waals surface area contributed by atoms with Crippen molar-refractivity contribution in [1.82, 2.24) is 0 Å². The Morgan fingerprint density at radius 1 is 0.762 bits per heavy atom. The van der Waals surface area contributed by atoms with Crippen LogP contribution in [0.15, 0.2) is 54.6 Å². The summed E-state index contributed by atoms with van der Waals surface area (Å²) in [5, 5.41) is 0. The van der Waals surface area contributed by atoms with E-state index in [1.807, 2.05) is 54.6 Å². The fraction of sp³-hybridized carbons (Fsp3) is 0.300. The summed E-state index contributed by atoms with van der Waals surface area (Å²) in [6, 6.07) is 18.0. The zero-order valence-corrected chi connectivity index (χ0v) is 12.6. The van der Waals surface area contributed by atoms with Crippen LogP contribution in [-0.4, -0.2) is 6.61 Å². The highest BCUT2D eigenvalue weighted by Crippen LogP contribution is 2.12. The molecule has 0 radical (unpaired) electrons. The first kappa shape index (κ1) is 15.2. The van der Waals surface area contributed by atoms with E-state index in [0.29, 0.717) is 0 Å². The van der Waals surface area contributed by atoms with Crippen molar-refractivity contribution in [3.05, 3.63) is 65.7 Å². The maximum Gasteiger partial charge on any atom is 0.119 e. The molecule has 0 heterocycles. The molecular weight excluding hydrogens is 256 g/mol. The number of benzene rings is 2. The maximum absolute atomic E-state index is 5.72. The van der Waals surface area contributed by atoms with Gasteiger partial charge in [-0.2, -0.15) is 0 Å². The molecule has 21 heavy (non-hydrogen) atoms. The minimum atomic E-state index is 0.801. The van der Waals surface area contributed by atoms with Gasteiger partial charge in [0.25, 0.3) is 0 Å². The monoisotopic (exact) mass is 278 g/mol. The third-order valence-corrected chi connectivity index (χ3v) is 3.25. The van der Waals surface area contributed by atoms with Crippen LogP contribution in [0, 0.1) is 11.8 Å². The Labute approximate surface area is 128 Å². The number of hydrogen-bond acceptors (Lipinski definition) is 1. The highest BCUT2D eigenvalue weighted by Gasteiger charge is 1.94. The molecule has 0 aromatic heterocycles. The van der Waals surface area contributed by atoms with E-state index in [2.05, 4.69) is 18.8 Å². The van der Waals surface area contributed by atoms with E-state index >= 15 is 0 Å². The average Bonchev–Trinajstić information content (AvgIpc) is 2.55. The molecule has 1 heteroatoms. The second kappa shape index (κ2) is 8.87. The van der Waals surface area contributed by atoms with Gasteiger partial charge in [-0.15, -0.1) is 0 Å². The molecule has 0 aliphatic rings. The quantitative estimate of drug-likeness (QED) is 0.531. The predicted molar refractivity (Wildman–Crippen MR) is 88.5 cm³/mol. The topological polar surface area (TPSA) is 9.23 Å². The van der Waals surface area contributed by atoms with E-state index in [4.69, 9.17) is 4.74 Å². The molecule has 2 aromatic rings. The lowest BCUT2D eigenvalue weighted by atomic mass is 10.2. The highest BCUT2D eigenvalue weighted by molar-refractivity contribution is 5.44. The molecule has 0 N–H and O–H groups in total. The predicted octanol–water partition coefficient (Wildman–Crippen LogP) is 5.05. The highest BCUT2D eigenvalue weighted by atomic mass is 16.5. The lowest BCUT2D eigenvalue weighted by molar-refractivity contribution is 0.305. The van der Waals surface area contributed by atoms with Crippen LogP contribution in [0.4, 0.5) is 0 Å². The van der Waals surface area contributed by atoms with Gasteiger partial charge in [-0.1, -0.05) is 56.2 Å². The van der Waals surface area contributed by atoms with E-state index in [1.165, 1.54) is 19.3 Å². The van der Waals surface area contributed by atoms with Crippen molar-refractivity contribution in [2.75, 3.05) is 6.61 Å². The Morgan fingerprint density at radius 3 is 2.10 bits per heavy atom. The van der Waals surface area contributed by atoms with Crippen LogP contribution in [0.2, 0.25) is 0 Å². The second-order valence-electron chi connectivity index (χ2n) is 5.05. The van der Waals surface area contributed by atoms with Gasteiger partial charge in [0.1, 0.15) is 5.75 Å². The van der Waals surface area contributed by atoms with Gasteiger partial charge in [0.05, 0.1) is 6.61 Å². The molecule has 2 rings (SSSR count). The third kappa shape index (κ3) is 5.75. The molecule has 0 aliphatic carbocycles. The zero-order valence-electron chi connectivity index (χ0n) is 12.6. The Hall–Kier alpha value is -2.20. The van der Waals surface area contributed by atoms with Crippen molar-refractivity contribution in [1.29, 1.82) is 0 Å². The Kier molecular flexibility index (Phi) is 6.42. The first-order valence-electron chi connectivity index (χ1n) is 7.68. The largest absolute Gasteiger partial charge is 0.494 e. The van der Waals surface area contributed by atoms with Crippen LogP contribution in [0.1, 0.15) is 43.7 Å². The van der Waals surface area contributed by atoms with Gasteiger partial charge >= 0.3 is 0 Å². The average molecular weight is 278 g/mol. The maximum atomic E-state index is 5.72. The van der Waals surface area contributed by atoms with Crippen LogP contribution in [0.25, 0.3) is 0 Å². The summed E-state index contributed by atoms with van der Waals surface area (Å²) < 4.78 is 5.72. The molecule has 0 unspecified atom stereocenters. The normalized spacial score (nSPS) is 9.76. The van der Waals surface area contributed by atoms with E-state index in [-0.39, 0.29) is 0 Å². The van der Waals surface area contributed by atoms with Gasteiger partial charge < -0.3 is 4.74 Å². The number of unbranched alkanes of at least 4 members (excludes halogenated alkanes) is 3. The second-order valence-corrected chi connectivity index (χ2v) is 5.05. The molecule has 0 aliphatic heterocycles.